The molecule has 2 saturated heterocycles. The van der Waals surface area contributed by atoms with Crippen molar-refractivity contribution in [3.8, 4) is 0 Å². The molecule has 0 unspecified atom stereocenters. The minimum Gasteiger partial charge on any atom is -0.350 e. The molecule has 3 nitrogen and oxygen atoms in total. The van der Waals surface area contributed by atoms with Gasteiger partial charge in [-0.05, 0) is 6.42 Å². The van der Waals surface area contributed by atoms with Gasteiger partial charge in [0, 0.05) is 25.9 Å². The number of nitrogens with one attached hydrogen (secondary N) is 1. The molecule has 1 spiro atoms. The van der Waals surface area contributed by atoms with E-state index in [1.807, 2.05) is 0 Å². The van der Waals surface area contributed by atoms with Gasteiger partial charge in [-0.1, -0.05) is 0 Å². The first-order valence-electron chi connectivity index (χ1n) is 4.40. The first-order valence-corrected chi connectivity index (χ1v) is 4.40. The SMILES string of the molecule is C1COC2(CCNCC2)OC1.Cl. The maximum atomic E-state index is 5.64. The van der Waals surface area contributed by atoms with Gasteiger partial charge in [-0.3, -0.25) is 0 Å². The van der Waals surface area contributed by atoms with E-state index in [9.17, 15) is 0 Å². The molecular weight excluding hydrogens is 178 g/mol. The number of hydrogen-bond acceptors (Lipinski definition) is 3. The molecule has 2 aliphatic heterocycles. The summed E-state index contributed by atoms with van der Waals surface area (Å²) in [6.45, 7) is 3.81. The van der Waals surface area contributed by atoms with Crippen molar-refractivity contribution < 1.29 is 9.47 Å². The summed E-state index contributed by atoms with van der Waals surface area (Å²) >= 11 is 0. The van der Waals surface area contributed by atoms with Crippen molar-refractivity contribution in [1.29, 1.82) is 0 Å². The molecule has 0 atom stereocenters. The van der Waals surface area contributed by atoms with E-state index < -0.39 is 0 Å². The molecule has 12 heavy (non-hydrogen) atoms. The molecular formula is C8H16ClNO2. The third-order valence-electron chi connectivity index (χ3n) is 2.38. The van der Waals surface area contributed by atoms with Gasteiger partial charge >= 0.3 is 0 Å². The Balaban J connectivity index is 0.000000720. The second-order valence-electron chi connectivity index (χ2n) is 3.21. The normalized spacial score (nSPS) is 28.0. The average Bonchev–Trinajstić information content (AvgIpc) is 2.07. The third kappa shape index (κ3) is 2.10. The summed E-state index contributed by atoms with van der Waals surface area (Å²) < 4.78 is 11.3. The zero-order valence-electron chi connectivity index (χ0n) is 7.17. The Labute approximate surface area is 79.2 Å². The Morgan fingerprint density at radius 1 is 1.00 bits per heavy atom. The van der Waals surface area contributed by atoms with Crippen LogP contribution in [-0.2, 0) is 9.47 Å². The van der Waals surface area contributed by atoms with Gasteiger partial charge in [0.15, 0.2) is 5.79 Å². The van der Waals surface area contributed by atoms with Crippen LogP contribution >= 0.6 is 12.4 Å². The van der Waals surface area contributed by atoms with Crippen molar-refractivity contribution in [2.45, 2.75) is 25.0 Å². The molecule has 2 rings (SSSR count). The Morgan fingerprint density at radius 2 is 1.58 bits per heavy atom. The zero-order valence-corrected chi connectivity index (χ0v) is 7.99. The van der Waals surface area contributed by atoms with Gasteiger partial charge in [-0.2, -0.15) is 0 Å². The maximum absolute atomic E-state index is 5.64. The quantitative estimate of drug-likeness (QED) is 0.621. The van der Waals surface area contributed by atoms with Gasteiger partial charge in [-0.15, -0.1) is 12.4 Å². The van der Waals surface area contributed by atoms with E-state index in [-0.39, 0.29) is 18.2 Å². The second-order valence-corrected chi connectivity index (χ2v) is 3.21. The standard InChI is InChI=1S/C8H15NO2.ClH/c1-6-10-8(11-7-1)2-4-9-5-3-8;/h9H,1-7H2;1H. The van der Waals surface area contributed by atoms with Crippen LogP contribution in [0.1, 0.15) is 19.3 Å². The molecule has 0 amide bonds. The van der Waals surface area contributed by atoms with E-state index in [1.54, 1.807) is 0 Å². The van der Waals surface area contributed by atoms with E-state index >= 15 is 0 Å². The molecule has 0 aliphatic carbocycles. The molecule has 2 fully saturated rings. The molecule has 2 heterocycles. The number of halogens is 1. The Morgan fingerprint density at radius 3 is 2.17 bits per heavy atom. The first kappa shape index (κ1) is 10.3. The van der Waals surface area contributed by atoms with E-state index in [0.717, 1.165) is 45.6 Å². The van der Waals surface area contributed by atoms with Crippen LogP contribution in [0.4, 0.5) is 0 Å². The molecule has 0 aromatic carbocycles. The van der Waals surface area contributed by atoms with Gasteiger partial charge in [0.05, 0.1) is 13.2 Å². The lowest BCUT2D eigenvalue weighted by Gasteiger charge is -2.40. The highest BCUT2D eigenvalue weighted by molar-refractivity contribution is 5.85. The fourth-order valence-corrected chi connectivity index (χ4v) is 1.71. The number of piperidine rings is 1. The molecule has 1 N–H and O–H groups in total. The highest BCUT2D eigenvalue weighted by atomic mass is 35.5. The molecule has 0 radical (unpaired) electrons. The van der Waals surface area contributed by atoms with Gasteiger partial charge in [0.25, 0.3) is 0 Å². The molecule has 72 valence electrons. The van der Waals surface area contributed by atoms with Crippen LogP contribution in [0.15, 0.2) is 0 Å². The summed E-state index contributed by atoms with van der Waals surface area (Å²) in [6, 6.07) is 0. The lowest BCUT2D eigenvalue weighted by Crippen LogP contribution is -2.48. The number of ether oxygens (including phenoxy) is 2. The van der Waals surface area contributed by atoms with Crippen molar-refractivity contribution in [2.75, 3.05) is 26.3 Å². The Kier molecular flexibility index (Phi) is 3.77. The Hall–Kier alpha value is 0.170. The van der Waals surface area contributed by atoms with Crippen LogP contribution in [0.5, 0.6) is 0 Å². The fourth-order valence-electron chi connectivity index (χ4n) is 1.71. The predicted octanol–water partition coefficient (Wildman–Crippen LogP) is 0.925. The van der Waals surface area contributed by atoms with Gasteiger partial charge in [0.1, 0.15) is 0 Å². The summed E-state index contributed by atoms with van der Waals surface area (Å²) in [7, 11) is 0. The first-order chi connectivity index (χ1) is 5.41. The van der Waals surface area contributed by atoms with Crippen LogP contribution in [-0.4, -0.2) is 32.1 Å². The fraction of sp³-hybridized carbons (Fsp3) is 1.00. The summed E-state index contributed by atoms with van der Waals surface area (Å²) in [5, 5.41) is 3.30. The molecule has 0 aromatic rings. The van der Waals surface area contributed by atoms with E-state index in [0.29, 0.717) is 0 Å². The molecule has 4 heteroatoms. The van der Waals surface area contributed by atoms with E-state index in [2.05, 4.69) is 5.32 Å². The lowest BCUT2D eigenvalue weighted by atomic mass is 10.0. The van der Waals surface area contributed by atoms with Crippen LogP contribution in [0.25, 0.3) is 0 Å². The summed E-state index contributed by atoms with van der Waals surface area (Å²) in [5.41, 5.74) is 0. The summed E-state index contributed by atoms with van der Waals surface area (Å²) in [4.78, 5) is 0. The maximum Gasteiger partial charge on any atom is 0.170 e. The van der Waals surface area contributed by atoms with E-state index in [1.165, 1.54) is 0 Å². The Bertz CT molecular complexity index is 112. The predicted molar refractivity (Wildman–Crippen MR) is 48.6 cm³/mol. The monoisotopic (exact) mass is 193 g/mol. The van der Waals surface area contributed by atoms with Crippen molar-refractivity contribution in [3.05, 3.63) is 0 Å². The lowest BCUT2D eigenvalue weighted by molar-refractivity contribution is -0.276. The minimum absolute atomic E-state index is 0. The summed E-state index contributed by atoms with van der Waals surface area (Å²) in [5.74, 6) is -0.205. The third-order valence-corrected chi connectivity index (χ3v) is 2.38. The van der Waals surface area contributed by atoms with Gasteiger partial charge < -0.3 is 14.8 Å². The molecule has 0 bridgehead atoms. The molecule has 0 saturated carbocycles. The van der Waals surface area contributed by atoms with Crippen molar-refractivity contribution in [3.63, 3.8) is 0 Å². The highest BCUT2D eigenvalue weighted by Crippen LogP contribution is 2.27. The minimum atomic E-state index is -0.205. The van der Waals surface area contributed by atoms with Crippen LogP contribution in [0.2, 0.25) is 0 Å². The topological polar surface area (TPSA) is 30.5 Å². The van der Waals surface area contributed by atoms with E-state index in [4.69, 9.17) is 9.47 Å². The van der Waals surface area contributed by atoms with Gasteiger partial charge in [-0.25, -0.2) is 0 Å². The number of hydrogen-bond donors (Lipinski definition) is 1. The summed E-state index contributed by atoms with van der Waals surface area (Å²) in [6.07, 6.45) is 3.06. The van der Waals surface area contributed by atoms with Crippen molar-refractivity contribution in [2.24, 2.45) is 0 Å². The van der Waals surface area contributed by atoms with Crippen molar-refractivity contribution >= 4 is 12.4 Å². The second kappa shape index (κ2) is 4.42. The zero-order chi connectivity index (χ0) is 7.57. The average molecular weight is 194 g/mol. The molecule has 2 aliphatic rings. The highest BCUT2D eigenvalue weighted by Gasteiger charge is 2.35. The van der Waals surface area contributed by atoms with Gasteiger partial charge in [0.2, 0.25) is 0 Å². The van der Waals surface area contributed by atoms with Crippen LogP contribution in [0.3, 0.4) is 0 Å². The number of rotatable bonds is 0. The molecule has 0 aromatic heterocycles. The van der Waals surface area contributed by atoms with Crippen LogP contribution in [0, 0.1) is 0 Å². The largest absolute Gasteiger partial charge is 0.350 e. The smallest absolute Gasteiger partial charge is 0.170 e. The van der Waals surface area contributed by atoms with Crippen LogP contribution < -0.4 is 5.32 Å². The van der Waals surface area contributed by atoms with Crippen molar-refractivity contribution in [1.82, 2.24) is 5.32 Å².